The number of amides is 1. The molecule has 9 nitrogen and oxygen atoms in total. The summed E-state index contributed by atoms with van der Waals surface area (Å²) in [6.07, 6.45) is 2.48. The lowest BCUT2D eigenvalue weighted by molar-refractivity contribution is 0.101. The Morgan fingerprint density at radius 1 is 1.26 bits per heavy atom. The SMILES string of the molecule is C[C@H](c1nc(C(=O)Nc2cnoc2)c(O)c(=O)n1C)[C@H](c1ccccc1)c1ccc(Cl)cc1C#N. The van der Waals surface area contributed by atoms with Gasteiger partial charge in [0.1, 0.15) is 17.8 Å². The number of halogens is 1. The molecule has 10 heteroatoms. The van der Waals surface area contributed by atoms with E-state index in [1.54, 1.807) is 18.2 Å². The van der Waals surface area contributed by atoms with Gasteiger partial charge in [0.2, 0.25) is 5.75 Å². The fourth-order valence-corrected chi connectivity index (χ4v) is 4.24. The number of anilines is 1. The van der Waals surface area contributed by atoms with Crippen LogP contribution in [-0.2, 0) is 7.05 Å². The Morgan fingerprint density at radius 3 is 2.66 bits per heavy atom. The van der Waals surface area contributed by atoms with Crippen molar-refractivity contribution in [2.45, 2.75) is 18.8 Å². The summed E-state index contributed by atoms with van der Waals surface area (Å²) in [5, 5.41) is 26.6. The van der Waals surface area contributed by atoms with Crippen LogP contribution in [0.5, 0.6) is 5.75 Å². The first-order valence-corrected chi connectivity index (χ1v) is 10.9. The number of nitrogens with one attached hydrogen (secondary N) is 1. The van der Waals surface area contributed by atoms with Crippen molar-refractivity contribution in [3.05, 3.63) is 105 Å². The fourth-order valence-electron chi connectivity index (χ4n) is 4.07. The first-order chi connectivity index (χ1) is 16.8. The van der Waals surface area contributed by atoms with Crippen LogP contribution < -0.4 is 10.9 Å². The maximum atomic E-state index is 12.9. The van der Waals surface area contributed by atoms with Gasteiger partial charge in [-0.05, 0) is 23.3 Å². The second-order valence-corrected chi connectivity index (χ2v) is 8.36. The van der Waals surface area contributed by atoms with Crippen LogP contribution in [0.25, 0.3) is 0 Å². The van der Waals surface area contributed by atoms with Gasteiger partial charge in [-0.25, -0.2) is 4.98 Å². The average molecular weight is 490 g/mol. The monoisotopic (exact) mass is 489 g/mol. The quantitative estimate of drug-likeness (QED) is 0.414. The summed E-state index contributed by atoms with van der Waals surface area (Å²) in [7, 11) is 1.47. The van der Waals surface area contributed by atoms with Gasteiger partial charge in [0.05, 0.1) is 17.8 Å². The predicted octanol–water partition coefficient (Wildman–Crippen LogP) is 4.19. The van der Waals surface area contributed by atoms with E-state index in [0.717, 1.165) is 5.56 Å². The minimum atomic E-state index is -0.794. The molecular weight excluding hydrogens is 470 g/mol. The molecule has 0 bridgehead atoms. The molecule has 176 valence electrons. The van der Waals surface area contributed by atoms with Crippen LogP contribution in [0.3, 0.4) is 0 Å². The van der Waals surface area contributed by atoms with Crippen LogP contribution in [0.15, 0.2) is 70.3 Å². The van der Waals surface area contributed by atoms with E-state index in [2.05, 4.69) is 21.5 Å². The molecule has 2 atom stereocenters. The molecule has 0 aliphatic carbocycles. The summed E-state index contributed by atoms with van der Waals surface area (Å²) in [5.74, 6) is -2.24. The smallest absolute Gasteiger partial charge is 0.296 e. The lowest BCUT2D eigenvalue weighted by Crippen LogP contribution is -2.29. The van der Waals surface area contributed by atoms with Gasteiger partial charge in [-0.2, -0.15) is 5.26 Å². The van der Waals surface area contributed by atoms with Crippen LogP contribution in [0.4, 0.5) is 5.69 Å². The van der Waals surface area contributed by atoms with Crippen LogP contribution in [-0.4, -0.2) is 25.7 Å². The highest BCUT2D eigenvalue weighted by Gasteiger charge is 2.30. The van der Waals surface area contributed by atoms with Crippen molar-refractivity contribution in [3.8, 4) is 11.8 Å². The maximum absolute atomic E-state index is 12.9. The molecule has 2 aromatic carbocycles. The molecule has 1 amide bonds. The Morgan fingerprint density at radius 2 is 2.00 bits per heavy atom. The van der Waals surface area contributed by atoms with E-state index in [-0.39, 0.29) is 11.5 Å². The maximum Gasteiger partial charge on any atom is 0.296 e. The zero-order chi connectivity index (χ0) is 25.1. The lowest BCUT2D eigenvalue weighted by Gasteiger charge is -2.27. The van der Waals surface area contributed by atoms with Gasteiger partial charge in [-0.1, -0.05) is 60.1 Å². The van der Waals surface area contributed by atoms with Gasteiger partial charge in [-0.3, -0.25) is 14.2 Å². The molecule has 0 fully saturated rings. The number of hydrogen-bond acceptors (Lipinski definition) is 7. The van der Waals surface area contributed by atoms with Crippen molar-refractivity contribution < 1.29 is 14.4 Å². The van der Waals surface area contributed by atoms with E-state index in [4.69, 9.17) is 16.1 Å². The number of benzene rings is 2. The molecular formula is C25H20ClN5O4. The summed E-state index contributed by atoms with van der Waals surface area (Å²) >= 11 is 6.13. The van der Waals surface area contributed by atoms with Crippen LogP contribution in [0.2, 0.25) is 5.02 Å². The largest absolute Gasteiger partial charge is 0.501 e. The molecule has 4 aromatic rings. The summed E-state index contributed by atoms with van der Waals surface area (Å²) in [4.78, 5) is 30.1. The summed E-state index contributed by atoms with van der Waals surface area (Å²) < 4.78 is 5.90. The van der Waals surface area contributed by atoms with Crippen molar-refractivity contribution >= 4 is 23.2 Å². The molecule has 2 N–H and O–H groups in total. The molecule has 35 heavy (non-hydrogen) atoms. The van der Waals surface area contributed by atoms with Crippen molar-refractivity contribution in [2.24, 2.45) is 7.05 Å². The summed E-state index contributed by atoms with van der Waals surface area (Å²) in [6, 6.07) is 16.7. The molecule has 0 aliphatic heterocycles. The van der Waals surface area contributed by atoms with Crippen LogP contribution in [0.1, 0.15) is 51.8 Å². The average Bonchev–Trinajstić information content (AvgIpc) is 3.37. The van der Waals surface area contributed by atoms with E-state index < -0.39 is 34.7 Å². The molecule has 0 spiro atoms. The fraction of sp³-hybridized carbons (Fsp3) is 0.160. The van der Waals surface area contributed by atoms with Crippen molar-refractivity contribution in [1.29, 1.82) is 5.26 Å². The van der Waals surface area contributed by atoms with Gasteiger partial charge in [0, 0.05) is 23.9 Å². The Kier molecular flexibility index (Phi) is 6.66. The predicted molar refractivity (Wildman–Crippen MR) is 128 cm³/mol. The number of nitriles is 1. The zero-order valence-electron chi connectivity index (χ0n) is 18.8. The first kappa shape index (κ1) is 23.7. The van der Waals surface area contributed by atoms with E-state index in [1.807, 2.05) is 37.3 Å². The summed E-state index contributed by atoms with van der Waals surface area (Å²) in [5.41, 5.74) is 0.978. The van der Waals surface area contributed by atoms with Gasteiger partial charge in [0.15, 0.2) is 5.69 Å². The number of rotatable bonds is 6. The highest BCUT2D eigenvalue weighted by atomic mass is 35.5. The first-order valence-electron chi connectivity index (χ1n) is 10.6. The number of carbonyl (C=O) groups excluding carboxylic acids is 1. The third kappa shape index (κ3) is 4.65. The molecule has 4 rings (SSSR count). The number of aromatic nitrogens is 3. The van der Waals surface area contributed by atoms with Gasteiger partial charge in [0.25, 0.3) is 11.5 Å². The second kappa shape index (κ2) is 9.83. The van der Waals surface area contributed by atoms with Gasteiger partial charge in [-0.15, -0.1) is 0 Å². The van der Waals surface area contributed by atoms with Crippen LogP contribution >= 0.6 is 11.6 Å². The van der Waals surface area contributed by atoms with Crippen molar-refractivity contribution in [2.75, 3.05) is 5.32 Å². The normalized spacial score (nSPS) is 12.5. The third-order valence-corrected chi connectivity index (χ3v) is 5.98. The van der Waals surface area contributed by atoms with Crippen molar-refractivity contribution in [1.82, 2.24) is 14.7 Å². The Labute approximate surface area is 205 Å². The summed E-state index contributed by atoms with van der Waals surface area (Å²) in [6.45, 7) is 1.84. The topological polar surface area (TPSA) is 134 Å². The Balaban J connectivity index is 1.87. The number of hydrogen-bond donors (Lipinski definition) is 2. The Bertz CT molecular complexity index is 1480. The second-order valence-electron chi connectivity index (χ2n) is 7.92. The molecule has 0 unspecified atom stereocenters. The van der Waals surface area contributed by atoms with Crippen molar-refractivity contribution in [3.63, 3.8) is 0 Å². The van der Waals surface area contributed by atoms with E-state index in [9.17, 15) is 20.0 Å². The number of aromatic hydroxyl groups is 1. The van der Waals surface area contributed by atoms with Gasteiger partial charge >= 0.3 is 0 Å². The third-order valence-electron chi connectivity index (χ3n) is 5.74. The zero-order valence-corrected chi connectivity index (χ0v) is 19.5. The standard InChI is InChI=1S/C25H20ClN5O4/c1-14(20(15-6-4-3-5-7-15)19-9-8-17(26)10-16(19)11-27)23-30-21(22(32)25(34)31(23)2)24(33)29-18-12-28-35-13-18/h3-10,12-14,20,32H,1-2H3,(H,29,33)/t14-,20+/m0/s1. The minimum Gasteiger partial charge on any atom is -0.501 e. The molecule has 0 saturated carbocycles. The molecule has 2 heterocycles. The molecule has 0 radical (unpaired) electrons. The minimum absolute atomic E-state index is 0.244. The molecule has 0 aliphatic rings. The molecule has 2 aromatic heterocycles. The highest BCUT2D eigenvalue weighted by molar-refractivity contribution is 6.30. The Hall–Kier alpha value is -4.42. The number of nitrogens with zero attached hydrogens (tertiary/aromatic N) is 4. The molecule has 0 saturated heterocycles. The van der Waals surface area contributed by atoms with E-state index in [0.29, 0.717) is 16.1 Å². The van der Waals surface area contributed by atoms with Crippen LogP contribution in [0, 0.1) is 11.3 Å². The number of carbonyl (C=O) groups is 1. The van der Waals surface area contributed by atoms with Gasteiger partial charge < -0.3 is 14.9 Å². The lowest BCUT2D eigenvalue weighted by atomic mass is 9.79. The van der Waals surface area contributed by atoms with E-state index >= 15 is 0 Å². The van der Waals surface area contributed by atoms with E-state index in [1.165, 1.54) is 24.1 Å². The highest BCUT2D eigenvalue weighted by Crippen LogP contribution is 2.39.